The van der Waals surface area contributed by atoms with Gasteiger partial charge in [-0.2, -0.15) is 0 Å². The number of allylic oxidation sites excluding steroid dienone is 8. The van der Waals surface area contributed by atoms with Crippen molar-refractivity contribution in [1.29, 1.82) is 0 Å². The first-order valence-electron chi connectivity index (χ1n) is 10.1. The number of rotatable bonds is 9. The lowest BCUT2D eigenvalue weighted by Crippen LogP contribution is -2.36. The van der Waals surface area contributed by atoms with Gasteiger partial charge in [-0.1, -0.05) is 67.9 Å². The molecule has 0 saturated heterocycles. The molecule has 0 aliphatic heterocycles. The molecule has 1 heteroatoms. The van der Waals surface area contributed by atoms with Gasteiger partial charge in [-0.25, -0.2) is 0 Å². The molecule has 0 spiro atoms. The molecule has 1 aliphatic carbocycles. The Labute approximate surface area is 156 Å². The van der Waals surface area contributed by atoms with E-state index >= 15 is 0 Å². The van der Waals surface area contributed by atoms with Crippen molar-refractivity contribution < 1.29 is 4.79 Å². The normalized spacial score (nSPS) is 25.6. The average molecular weight is 343 g/mol. The Kier molecular flexibility index (Phi) is 9.17. The highest BCUT2D eigenvalue weighted by molar-refractivity contribution is 5.90. The van der Waals surface area contributed by atoms with Crippen molar-refractivity contribution in [2.75, 3.05) is 0 Å². The third-order valence-electron chi connectivity index (χ3n) is 5.77. The van der Waals surface area contributed by atoms with Crippen molar-refractivity contribution in [3.8, 4) is 0 Å². The fourth-order valence-corrected chi connectivity index (χ4v) is 3.17. The topological polar surface area (TPSA) is 17.1 Å². The number of ketones is 1. The van der Waals surface area contributed by atoms with E-state index in [1.54, 1.807) is 0 Å². The van der Waals surface area contributed by atoms with Crippen molar-refractivity contribution in [2.45, 2.75) is 86.5 Å². The van der Waals surface area contributed by atoms with Crippen molar-refractivity contribution in [2.24, 2.45) is 11.3 Å². The fourth-order valence-electron chi connectivity index (χ4n) is 3.17. The number of Topliss-reactive ketones (excluding diaryl/α,β-unsaturated/α-hetero) is 1. The maximum absolute atomic E-state index is 13.4. The third kappa shape index (κ3) is 6.45. The lowest BCUT2D eigenvalue weighted by molar-refractivity contribution is -0.130. The SMILES string of the molecule is CCC(C)=CCC1CC=CC(CC=C(C)CC)(CC=C(C)CC)C1=O. The Balaban J connectivity index is 3.09. The van der Waals surface area contributed by atoms with Gasteiger partial charge < -0.3 is 0 Å². The molecule has 0 aromatic heterocycles. The molecule has 0 amide bonds. The monoisotopic (exact) mass is 342 g/mol. The van der Waals surface area contributed by atoms with Gasteiger partial charge in [-0.15, -0.1) is 0 Å². The van der Waals surface area contributed by atoms with Gasteiger partial charge in [0.05, 0.1) is 5.41 Å². The van der Waals surface area contributed by atoms with Crippen molar-refractivity contribution in [3.63, 3.8) is 0 Å². The fraction of sp³-hybridized carbons (Fsp3) is 0.625. The zero-order chi connectivity index (χ0) is 18.9. The number of hydrogen-bond acceptors (Lipinski definition) is 1. The molecule has 0 saturated carbocycles. The maximum Gasteiger partial charge on any atom is 0.147 e. The van der Waals surface area contributed by atoms with Crippen molar-refractivity contribution in [1.82, 2.24) is 0 Å². The number of carbonyl (C=O) groups is 1. The highest BCUT2D eigenvalue weighted by atomic mass is 16.1. The summed E-state index contributed by atoms with van der Waals surface area (Å²) in [6.07, 6.45) is 17.9. The van der Waals surface area contributed by atoms with E-state index in [-0.39, 0.29) is 11.3 Å². The zero-order valence-corrected chi connectivity index (χ0v) is 17.3. The molecule has 1 unspecified atom stereocenters. The van der Waals surface area contributed by atoms with Crippen LogP contribution in [0.25, 0.3) is 0 Å². The maximum atomic E-state index is 13.4. The van der Waals surface area contributed by atoms with Crippen LogP contribution in [0.3, 0.4) is 0 Å². The van der Waals surface area contributed by atoms with Crippen LogP contribution in [0.5, 0.6) is 0 Å². The summed E-state index contributed by atoms with van der Waals surface area (Å²) in [6, 6.07) is 0. The van der Waals surface area contributed by atoms with E-state index in [4.69, 9.17) is 0 Å². The lowest BCUT2D eigenvalue weighted by Gasteiger charge is -2.34. The van der Waals surface area contributed by atoms with Gasteiger partial charge in [0.1, 0.15) is 5.78 Å². The average Bonchev–Trinajstić information content (AvgIpc) is 2.64. The molecule has 140 valence electrons. The summed E-state index contributed by atoms with van der Waals surface area (Å²) in [5.41, 5.74) is 3.79. The first kappa shape index (κ1) is 21.7. The molecule has 1 atom stereocenters. The van der Waals surface area contributed by atoms with Crippen LogP contribution in [0.15, 0.2) is 47.1 Å². The summed E-state index contributed by atoms with van der Waals surface area (Å²) in [5, 5.41) is 0. The van der Waals surface area contributed by atoms with Gasteiger partial charge in [0.15, 0.2) is 0 Å². The van der Waals surface area contributed by atoms with Crippen LogP contribution in [0.4, 0.5) is 0 Å². The molecule has 0 aromatic rings. The summed E-state index contributed by atoms with van der Waals surface area (Å²) in [4.78, 5) is 13.4. The second-order valence-electron chi connectivity index (χ2n) is 7.71. The van der Waals surface area contributed by atoms with Crippen LogP contribution < -0.4 is 0 Å². The minimum atomic E-state index is -0.344. The molecule has 0 heterocycles. The van der Waals surface area contributed by atoms with Gasteiger partial charge in [0.2, 0.25) is 0 Å². The van der Waals surface area contributed by atoms with E-state index in [1.165, 1.54) is 16.7 Å². The van der Waals surface area contributed by atoms with E-state index in [1.807, 2.05) is 0 Å². The number of carbonyl (C=O) groups excluding carboxylic acids is 1. The first-order chi connectivity index (χ1) is 11.9. The molecule has 1 rings (SSSR count). The minimum Gasteiger partial charge on any atom is -0.298 e. The van der Waals surface area contributed by atoms with Gasteiger partial charge >= 0.3 is 0 Å². The van der Waals surface area contributed by atoms with Crippen LogP contribution >= 0.6 is 0 Å². The summed E-state index contributed by atoms with van der Waals surface area (Å²) in [6.45, 7) is 13.0. The Morgan fingerprint density at radius 3 is 1.92 bits per heavy atom. The largest absolute Gasteiger partial charge is 0.298 e. The van der Waals surface area contributed by atoms with E-state index in [9.17, 15) is 4.79 Å². The summed E-state index contributed by atoms with van der Waals surface area (Å²) in [5.74, 6) is 0.577. The molecule has 0 aromatic carbocycles. The lowest BCUT2D eigenvalue weighted by atomic mass is 9.67. The van der Waals surface area contributed by atoms with E-state index in [0.717, 1.165) is 44.9 Å². The van der Waals surface area contributed by atoms with E-state index in [2.05, 4.69) is 71.9 Å². The Bertz CT molecular complexity index is 535. The van der Waals surface area contributed by atoms with Crippen LogP contribution in [-0.2, 0) is 4.79 Å². The van der Waals surface area contributed by atoms with Crippen LogP contribution in [0.1, 0.15) is 86.5 Å². The zero-order valence-electron chi connectivity index (χ0n) is 17.3. The molecule has 0 bridgehead atoms. The third-order valence-corrected chi connectivity index (χ3v) is 5.77. The second kappa shape index (κ2) is 10.6. The summed E-state index contributed by atoms with van der Waals surface area (Å²) < 4.78 is 0. The second-order valence-corrected chi connectivity index (χ2v) is 7.71. The van der Waals surface area contributed by atoms with E-state index in [0.29, 0.717) is 5.78 Å². The highest BCUT2D eigenvalue weighted by Crippen LogP contribution is 2.40. The van der Waals surface area contributed by atoms with Gasteiger partial charge in [-0.05, 0) is 65.7 Å². The molecule has 0 radical (unpaired) electrons. The molecular formula is C24H38O. The van der Waals surface area contributed by atoms with Gasteiger partial charge in [0.25, 0.3) is 0 Å². The first-order valence-corrected chi connectivity index (χ1v) is 10.1. The van der Waals surface area contributed by atoms with Crippen molar-refractivity contribution >= 4 is 5.78 Å². The Hall–Kier alpha value is -1.37. The summed E-state index contributed by atoms with van der Waals surface area (Å²) >= 11 is 0. The Morgan fingerprint density at radius 1 is 0.960 bits per heavy atom. The minimum absolute atomic E-state index is 0.136. The molecule has 0 fully saturated rings. The smallest absolute Gasteiger partial charge is 0.147 e. The quantitative estimate of drug-likeness (QED) is 0.400. The number of hydrogen-bond donors (Lipinski definition) is 0. The van der Waals surface area contributed by atoms with Crippen LogP contribution in [0, 0.1) is 11.3 Å². The molecule has 1 aliphatic rings. The molecule has 0 N–H and O–H groups in total. The Morgan fingerprint density at radius 2 is 1.44 bits per heavy atom. The molecule has 1 nitrogen and oxygen atoms in total. The standard InChI is InChI=1S/C24H38O/c1-7-19(4)12-13-22-11-10-16-24(23(22)25,17-14-20(5)8-2)18-15-21(6)9-3/h10,12,14-16,22H,7-9,11,13,17-18H2,1-6H3. The highest BCUT2D eigenvalue weighted by Gasteiger charge is 2.39. The molecular weight excluding hydrogens is 304 g/mol. The predicted octanol–water partition coefficient (Wildman–Crippen LogP) is 7.36. The van der Waals surface area contributed by atoms with Gasteiger partial charge in [-0.3, -0.25) is 4.79 Å². The van der Waals surface area contributed by atoms with Crippen LogP contribution in [0.2, 0.25) is 0 Å². The van der Waals surface area contributed by atoms with Crippen LogP contribution in [-0.4, -0.2) is 5.78 Å². The predicted molar refractivity (Wildman–Crippen MR) is 111 cm³/mol. The molecule has 25 heavy (non-hydrogen) atoms. The van der Waals surface area contributed by atoms with E-state index < -0.39 is 0 Å². The van der Waals surface area contributed by atoms with Gasteiger partial charge in [0, 0.05) is 5.92 Å². The summed E-state index contributed by atoms with van der Waals surface area (Å²) in [7, 11) is 0. The van der Waals surface area contributed by atoms with Crippen molar-refractivity contribution in [3.05, 3.63) is 47.1 Å².